The average molecular weight is 396 g/mol. The van der Waals surface area contributed by atoms with E-state index in [0.29, 0.717) is 24.5 Å². The normalized spacial score (nSPS) is 27.6. The zero-order valence-electron chi connectivity index (χ0n) is 16.3. The number of amides is 1. The molecule has 2 aromatic carbocycles. The van der Waals surface area contributed by atoms with E-state index in [-0.39, 0.29) is 24.1 Å². The van der Waals surface area contributed by atoms with Gasteiger partial charge in [0.1, 0.15) is 17.7 Å². The van der Waals surface area contributed by atoms with Crippen molar-refractivity contribution in [3.05, 3.63) is 53.8 Å². The molecule has 0 saturated carbocycles. The molecule has 2 atom stereocenters. The fourth-order valence-electron chi connectivity index (χ4n) is 4.77. The van der Waals surface area contributed by atoms with Crippen molar-refractivity contribution in [1.29, 1.82) is 0 Å². The molecule has 152 valence electrons. The summed E-state index contributed by atoms with van der Waals surface area (Å²) in [4.78, 5) is 15.0. The van der Waals surface area contributed by atoms with E-state index in [2.05, 4.69) is 10.2 Å². The molecule has 6 rings (SSSR count). The van der Waals surface area contributed by atoms with Crippen LogP contribution in [0.2, 0.25) is 0 Å². The number of hydrogen-bond donors (Lipinski definition) is 1. The minimum atomic E-state index is -0.377. The number of benzene rings is 2. The lowest BCUT2D eigenvalue weighted by Crippen LogP contribution is -2.52. The van der Waals surface area contributed by atoms with Crippen LogP contribution >= 0.6 is 0 Å². The van der Waals surface area contributed by atoms with Crippen LogP contribution in [0.5, 0.6) is 5.75 Å². The van der Waals surface area contributed by atoms with Gasteiger partial charge in [-0.1, -0.05) is 24.3 Å². The quantitative estimate of drug-likeness (QED) is 0.847. The molecule has 0 spiro atoms. The Balaban J connectivity index is 1.33. The van der Waals surface area contributed by atoms with Crippen molar-refractivity contribution in [2.24, 2.45) is 5.92 Å². The number of nitrogens with one attached hydrogen (secondary N) is 1. The maximum absolute atomic E-state index is 14.2. The Kier molecular flexibility index (Phi) is 4.87. The molecule has 2 aromatic rings. The SMILES string of the molecule is O=C(NC1CCOc2ccc(-c3ccccc3F)cc21)O[C@@H]1CN2CCC1CC2. The van der Waals surface area contributed by atoms with E-state index < -0.39 is 0 Å². The molecule has 29 heavy (non-hydrogen) atoms. The fourth-order valence-corrected chi connectivity index (χ4v) is 4.77. The van der Waals surface area contributed by atoms with Gasteiger partial charge in [0.15, 0.2) is 0 Å². The molecule has 2 bridgehead atoms. The average Bonchev–Trinajstić information content (AvgIpc) is 2.75. The first-order valence-electron chi connectivity index (χ1n) is 10.4. The van der Waals surface area contributed by atoms with E-state index in [0.717, 1.165) is 49.4 Å². The van der Waals surface area contributed by atoms with Gasteiger partial charge >= 0.3 is 6.09 Å². The molecule has 1 N–H and O–H groups in total. The number of nitrogens with zero attached hydrogens (tertiary/aromatic N) is 1. The summed E-state index contributed by atoms with van der Waals surface area (Å²) in [5.41, 5.74) is 2.17. The van der Waals surface area contributed by atoms with Gasteiger partial charge in [-0.2, -0.15) is 0 Å². The molecule has 1 amide bonds. The molecule has 5 nitrogen and oxygen atoms in total. The number of hydrogen-bond acceptors (Lipinski definition) is 4. The van der Waals surface area contributed by atoms with E-state index >= 15 is 0 Å². The van der Waals surface area contributed by atoms with Crippen LogP contribution in [0.4, 0.5) is 9.18 Å². The molecular weight excluding hydrogens is 371 g/mol. The summed E-state index contributed by atoms with van der Waals surface area (Å²) in [5.74, 6) is 0.931. The molecule has 3 saturated heterocycles. The van der Waals surface area contributed by atoms with E-state index in [9.17, 15) is 9.18 Å². The van der Waals surface area contributed by atoms with Crippen LogP contribution in [0.15, 0.2) is 42.5 Å². The van der Waals surface area contributed by atoms with Crippen LogP contribution < -0.4 is 10.1 Å². The summed E-state index contributed by atoms with van der Waals surface area (Å²) in [7, 11) is 0. The number of piperidine rings is 3. The van der Waals surface area contributed by atoms with Crippen LogP contribution in [0.1, 0.15) is 30.9 Å². The number of carbonyl (C=O) groups excluding carboxylic acids is 1. The second kappa shape index (κ2) is 7.67. The smallest absolute Gasteiger partial charge is 0.407 e. The zero-order chi connectivity index (χ0) is 19.8. The van der Waals surface area contributed by atoms with Gasteiger partial charge < -0.3 is 14.8 Å². The van der Waals surface area contributed by atoms with Gasteiger partial charge in [-0.25, -0.2) is 9.18 Å². The minimum Gasteiger partial charge on any atom is -0.493 e. The van der Waals surface area contributed by atoms with Crippen molar-refractivity contribution in [2.75, 3.05) is 26.2 Å². The Hall–Kier alpha value is -2.60. The highest BCUT2D eigenvalue weighted by molar-refractivity contribution is 5.70. The van der Waals surface area contributed by atoms with E-state index in [1.165, 1.54) is 6.07 Å². The van der Waals surface area contributed by atoms with Crippen molar-refractivity contribution in [3.8, 4) is 16.9 Å². The maximum atomic E-state index is 14.2. The number of halogens is 1. The first-order valence-corrected chi connectivity index (χ1v) is 10.4. The van der Waals surface area contributed by atoms with Crippen LogP contribution in [0, 0.1) is 11.7 Å². The second-order valence-corrected chi connectivity index (χ2v) is 8.15. The Morgan fingerprint density at radius 3 is 2.72 bits per heavy atom. The zero-order valence-corrected chi connectivity index (χ0v) is 16.3. The van der Waals surface area contributed by atoms with Crippen LogP contribution in [0.25, 0.3) is 11.1 Å². The minimum absolute atomic E-state index is 0.0263. The van der Waals surface area contributed by atoms with E-state index in [4.69, 9.17) is 9.47 Å². The van der Waals surface area contributed by atoms with Gasteiger partial charge in [-0.15, -0.1) is 0 Å². The summed E-state index contributed by atoms with van der Waals surface area (Å²) in [6.45, 7) is 3.58. The topological polar surface area (TPSA) is 50.8 Å². The van der Waals surface area contributed by atoms with Crippen molar-refractivity contribution >= 4 is 6.09 Å². The maximum Gasteiger partial charge on any atom is 0.407 e. The third-order valence-corrected chi connectivity index (χ3v) is 6.38. The van der Waals surface area contributed by atoms with Crippen LogP contribution in [0.3, 0.4) is 0 Å². The lowest BCUT2D eigenvalue weighted by atomic mass is 9.86. The molecule has 4 aliphatic heterocycles. The number of alkyl carbamates (subject to hydrolysis) is 1. The van der Waals surface area contributed by atoms with Gasteiger partial charge in [-0.05, 0) is 55.6 Å². The van der Waals surface area contributed by atoms with Gasteiger partial charge in [0.25, 0.3) is 0 Å². The first kappa shape index (κ1) is 18.4. The van der Waals surface area contributed by atoms with Crippen molar-refractivity contribution in [1.82, 2.24) is 10.2 Å². The van der Waals surface area contributed by atoms with Crippen LogP contribution in [-0.2, 0) is 4.74 Å². The molecule has 4 heterocycles. The van der Waals surface area contributed by atoms with Gasteiger partial charge in [0, 0.05) is 24.1 Å². The third-order valence-electron chi connectivity index (χ3n) is 6.38. The van der Waals surface area contributed by atoms with Crippen molar-refractivity contribution < 1.29 is 18.7 Å². The van der Waals surface area contributed by atoms with E-state index in [1.807, 2.05) is 24.3 Å². The highest BCUT2D eigenvalue weighted by atomic mass is 19.1. The lowest BCUT2D eigenvalue weighted by Gasteiger charge is -2.44. The van der Waals surface area contributed by atoms with Crippen molar-refractivity contribution in [3.63, 3.8) is 0 Å². The van der Waals surface area contributed by atoms with Gasteiger partial charge in [-0.3, -0.25) is 4.90 Å². The Morgan fingerprint density at radius 2 is 1.97 bits per heavy atom. The summed E-state index contributed by atoms with van der Waals surface area (Å²) >= 11 is 0. The Morgan fingerprint density at radius 1 is 1.14 bits per heavy atom. The van der Waals surface area contributed by atoms with Crippen LogP contribution in [-0.4, -0.2) is 43.3 Å². The summed E-state index contributed by atoms with van der Waals surface area (Å²) in [6.07, 6.45) is 2.45. The highest BCUT2D eigenvalue weighted by Gasteiger charge is 2.37. The standard InChI is InChI=1S/C23H25FN2O3/c24-19-4-2-1-3-17(19)16-5-6-21-18(13-16)20(9-12-28-21)25-23(27)29-22-14-26-10-7-15(22)8-11-26/h1-6,13,15,20,22H,7-12,14H2,(H,25,27)/t20?,22-/m1/s1. The number of fused-ring (bicyclic) bond motifs is 4. The van der Waals surface area contributed by atoms with E-state index in [1.54, 1.807) is 12.1 Å². The molecule has 3 fully saturated rings. The fraction of sp³-hybridized carbons (Fsp3) is 0.435. The molecule has 0 aliphatic carbocycles. The Bertz CT molecular complexity index is 911. The summed E-state index contributed by atoms with van der Waals surface area (Å²) in [5, 5.41) is 3.02. The number of carbonyl (C=O) groups is 1. The highest BCUT2D eigenvalue weighted by Crippen LogP contribution is 2.36. The third kappa shape index (κ3) is 3.69. The summed E-state index contributed by atoms with van der Waals surface area (Å²) in [6, 6.07) is 12.1. The molecule has 0 radical (unpaired) electrons. The molecule has 6 heteroatoms. The van der Waals surface area contributed by atoms with Gasteiger partial charge in [0.05, 0.1) is 12.6 Å². The lowest BCUT2D eigenvalue weighted by molar-refractivity contribution is -0.0342. The molecular formula is C23H25FN2O3. The molecule has 4 aliphatic rings. The largest absolute Gasteiger partial charge is 0.493 e. The summed E-state index contributed by atoms with van der Waals surface area (Å²) < 4.78 is 25.8. The predicted octanol–water partition coefficient (Wildman–Crippen LogP) is 4.14. The number of ether oxygens (including phenoxy) is 2. The second-order valence-electron chi connectivity index (χ2n) is 8.15. The molecule has 1 unspecified atom stereocenters. The first-order chi connectivity index (χ1) is 14.2. The number of rotatable bonds is 3. The van der Waals surface area contributed by atoms with Gasteiger partial charge in [0.2, 0.25) is 0 Å². The van der Waals surface area contributed by atoms with Crippen molar-refractivity contribution in [2.45, 2.75) is 31.4 Å². The molecule has 0 aromatic heterocycles. The predicted molar refractivity (Wildman–Crippen MR) is 107 cm³/mol. The monoisotopic (exact) mass is 396 g/mol. The Labute approximate surface area is 169 Å².